The smallest absolute Gasteiger partial charge is 0.279 e. The molecule has 2 aromatic rings. The minimum absolute atomic E-state index is 0.0296. The van der Waals surface area contributed by atoms with Crippen molar-refractivity contribution in [3.05, 3.63) is 59.7 Å². The van der Waals surface area contributed by atoms with Gasteiger partial charge in [0, 0.05) is 17.7 Å². The highest BCUT2D eigenvalue weighted by molar-refractivity contribution is 5.97. The summed E-state index contributed by atoms with van der Waals surface area (Å²) in [7, 11) is 1.60. The van der Waals surface area contributed by atoms with Gasteiger partial charge in [0.15, 0.2) is 6.04 Å². The van der Waals surface area contributed by atoms with Crippen molar-refractivity contribution in [2.75, 3.05) is 12.4 Å². The fourth-order valence-electron chi connectivity index (χ4n) is 3.43. The van der Waals surface area contributed by atoms with Crippen LogP contribution in [0.3, 0.4) is 0 Å². The summed E-state index contributed by atoms with van der Waals surface area (Å²) in [6.07, 6.45) is 0.674. The number of hydrogen-bond donors (Lipinski definition) is 3. The summed E-state index contributed by atoms with van der Waals surface area (Å²) in [6.45, 7) is 4.63. The molecule has 6 nitrogen and oxygen atoms in total. The summed E-state index contributed by atoms with van der Waals surface area (Å²) in [6, 6.07) is 14.5. The molecule has 0 spiro atoms. The fraction of sp³-hybridized carbons (Fsp3) is 0.364. The van der Waals surface area contributed by atoms with Crippen molar-refractivity contribution >= 4 is 17.5 Å². The van der Waals surface area contributed by atoms with Crippen LogP contribution in [0.4, 0.5) is 5.69 Å². The van der Waals surface area contributed by atoms with Gasteiger partial charge in [0.1, 0.15) is 18.3 Å². The van der Waals surface area contributed by atoms with E-state index in [1.54, 1.807) is 31.4 Å². The van der Waals surface area contributed by atoms with Crippen LogP contribution in [0.2, 0.25) is 0 Å². The van der Waals surface area contributed by atoms with E-state index in [1.165, 1.54) is 11.1 Å². The van der Waals surface area contributed by atoms with Crippen molar-refractivity contribution in [3.63, 3.8) is 0 Å². The number of ether oxygens (including phenoxy) is 1. The second-order valence-electron chi connectivity index (χ2n) is 7.47. The first kappa shape index (κ1) is 19.9. The number of fused-ring (bicyclic) bond motifs is 1. The normalized spacial score (nSPS) is 16.8. The van der Waals surface area contributed by atoms with Crippen LogP contribution >= 0.6 is 0 Å². The molecule has 0 saturated carbocycles. The first-order valence-electron chi connectivity index (χ1n) is 9.63. The Morgan fingerprint density at radius 2 is 1.75 bits per heavy atom. The van der Waals surface area contributed by atoms with Gasteiger partial charge >= 0.3 is 0 Å². The molecule has 1 heterocycles. The minimum atomic E-state index is -0.597. The second kappa shape index (κ2) is 8.89. The molecular weight excluding hydrogens is 354 g/mol. The predicted octanol–water partition coefficient (Wildman–Crippen LogP) is 1.46. The minimum Gasteiger partial charge on any atom is -0.497 e. The number of benzene rings is 2. The van der Waals surface area contributed by atoms with E-state index in [-0.39, 0.29) is 23.8 Å². The maximum Gasteiger partial charge on any atom is 0.279 e. The van der Waals surface area contributed by atoms with Gasteiger partial charge in [-0.15, -0.1) is 0 Å². The van der Waals surface area contributed by atoms with Gasteiger partial charge in [-0.1, -0.05) is 38.1 Å². The molecule has 0 saturated heterocycles. The summed E-state index contributed by atoms with van der Waals surface area (Å²) >= 11 is 0. The molecule has 1 aliphatic rings. The Balaban J connectivity index is 1.63. The highest BCUT2D eigenvalue weighted by atomic mass is 16.5. The highest BCUT2D eigenvalue weighted by Gasteiger charge is 2.32. The zero-order valence-corrected chi connectivity index (χ0v) is 16.6. The first-order valence-corrected chi connectivity index (χ1v) is 9.63. The van der Waals surface area contributed by atoms with E-state index in [2.05, 4.69) is 22.8 Å². The average molecular weight is 382 g/mol. The SMILES string of the molecule is COc1ccc(NC(=O)[C@@H](NC(=O)[C@@H]2Cc3ccccc3C[NH2+]2)C(C)C)cc1. The Labute approximate surface area is 165 Å². The molecule has 0 radical (unpaired) electrons. The summed E-state index contributed by atoms with van der Waals surface area (Å²) in [5.74, 6) is 0.376. The quantitative estimate of drug-likeness (QED) is 0.707. The van der Waals surface area contributed by atoms with E-state index in [0.717, 1.165) is 12.3 Å². The number of hydrogen-bond acceptors (Lipinski definition) is 3. The molecule has 148 valence electrons. The number of nitrogens with one attached hydrogen (secondary N) is 2. The zero-order chi connectivity index (χ0) is 20.1. The molecule has 2 atom stereocenters. The van der Waals surface area contributed by atoms with Crippen molar-refractivity contribution < 1.29 is 19.6 Å². The number of anilines is 1. The molecule has 2 aromatic carbocycles. The first-order chi connectivity index (χ1) is 13.5. The number of methoxy groups -OCH3 is 1. The number of amides is 2. The third-order valence-electron chi connectivity index (χ3n) is 5.12. The number of carbonyl (C=O) groups is 2. The molecule has 3 rings (SSSR count). The lowest BCUT2D eigenvalue weighted by molar-refractivity contribution is -0.695. The summed E-state index contributed by atoms with van der Waals surface area (Å²) in [5.41, 5.74) is 3.14. The molecule has 4 N–H and O–H groups in total. The maximum atomic E-state index is 12.8. The molecule has 0 aromatic heterocycles. The van der Waals surface area contributed by atoms with E-state index >= 15 is 0 Å². The lowest BCUT2D eigenvalue weighted by atomic mass is 9.94. The van der Waals surface area contributed by atoms with Crippen LogP contribution in [0.25, 0.3) is 0 Å². The van der Waals surface area contributed by atoms with Crippen molar-refractivity contribution in [1.82, 2.24) is 5.32 Å². The Kier molecular flexibility index (Phi) is 6.31. The van der Waals surface area contributed by atoms with Crippen LogP contribution in [-0.2, 0) is 22.6 Å². The third-order valence-corrected chi connectivity index (χ3v) is 5.12. The van der Waals surface area contributed by atoms with E-state index in [0.29, 0.717) is 12.1 Å². The van der Waals surface area contributed by atoms with Crippen LogP contribution in [-0.4, -0.2) is 31.0 Å². The summed E-state index contributed by atoms with van der Waals surface area (Å²) in [5, 5.41) is 7.87. The molecule has 6 heteroatoms. The maximum absolute atomic E-state index is 12.8. The lowest BCUT2D eigenvalue weighted by Gasteiger charge is -2.26. The number of quaternary nitrogens is 1. The summed E-state index contributed by atoms with van der Waals surface area (Å²) < 4.78 is 5.13. The summed E-state index contributed by atoms with van der Waals surface area (Å²) in [4.78, 5) is 25.6. The monoisotopic (exact) mass is 382 g/mol. The van der Waals surface area contributed by atoms with Gasteiger partial charge in [-0.3, -0.25) is 9.59 Å². The molecule has 0 aliphatic carbocycles. The number of nitrogens with two attached hydrogens (primary N) is 1. The largest absolute Gasteiger partial charge is 0.497 e. The lowest BCUT2D eigenvalue weighted by Crippen LogP contribution is -2.93. The van der Waals surface area contributed by atoms with Crippen LogP contribution in [0, 0.1) is 5.92 Å². The third kappa shape index (κ3) is 4.70. The van der Waals surface area contributed by atoms with E-state index in [1.807, 2.05) is 31.3 Å². The van der Waals surface area contributed by atoms with Gasteiger partial charge in [0.2, 0.25) is 5.91 Å². The Morgan fingerprint density at radius 1 is 1.07 bits per heavy atom. The molecule has 2 amide bonds. The zero-order valence-electron chi connectivity index (χ0n) is 16.6. The molecule has 0 unspecified atom stereocenters. The van der Waals surface area contributed by atoms with Gasteiger partial charge in [-0.25, -0.2) is 0 Å². The average Bonchev–Trinajstić information content (AvgIpc) is 2.71. The number of rotatable bonds is 6. The molecular formula is C22H28N3O3+. The van der Waals surface area contributed by atoms with E-state index < -0.39 is 6.04 Å². The predicted molar refractivity (Wildman–Crippen MR) is 108 cm³/mol. The van der Waals surface area contributed by atoms with Crippen molar-refractivity contribution in [2.45, 2.75) is 38.9 Å². The van der Waals surface area contributed by atoms with Crippen LogP contribution in [0.1, 0.15) is 25.0 Å². The van der Waals surface area contributed by atoms with E-state index in [9.17, 15) is 9.59 Å². The molecule has 1 aliphatic heterocycles. The van der Waals surface area contributed by atoms with Crippen molar-refractivity contribution in [1.29, 1.82) is 0 Å². The highest BCUT2D eigenvalue weighted by Crippen LogP contribution is 2.16. The van der Waals surface area contributed by atoms with Gasteiger partial charge in [0.05, 0.1) is 7.11 Å². The molecule has 28 heavy (non-hydrogen) atoms. The second-order valence-corrected chi connectivity index (χ2v) is 7.47. The van der Waals surface area contributed by atoms with Crippen LogP contribution in [0.5, 0.6) is 5.75 Å². The van der Waals surface area contributed by atoms with Crippen LogP contribution < -0.4 is 20.7 Å². The van der Waals surface area contributed by atoms with Crippen molar-refractivity contribution in [2.24, 2.45) is 5.92 Å². The van der Waals surface area contributed by atoms with Gasteiger partial charge < -0.3 is 20.7 Å². The Bertz CT molecular complexity index is 833. The fourth-order valence-corrected chi connectivity index (χ4v) is 3.43. The number of carbonyl (C=O) groups excluding carboxylic acids is 2. The topological polar surface area (TPSA) is 84.0 Å². The molecule has 0 bridgehead atoms. The van der Waals surface area contributed by atoms with Crippen molar-refractivity contribution in [3.8, 4) is 5.75 Å². The van der Waals surface area contributed by atoms with Crippen LogP contribution in [0.15, 0.2) is 48.5 Å². The van der Waals surface area contributed by atoms with Gasteiger partial charge in [0.25, 0.3) is 5.91 Å². The Hall–Kier alpha value is -2.86. The Morgan fingerprint density at radius 3 is 2.39 bits per heavy atom. The standard InChI is InChI=1S/C22H27N3O3/c1-14(2)20(22(27)24-17-8-10-18(28-3)11-9-17)25-21(26)19-12-15-6-4-5-7-16(15)13-23-19/h4-11,14,19-20,23H,12-13H2,1-3H3,(H,24,27)(H,25,26)/p+1/t19-,20-/m0/s1. The van der Waals surface area contributed by atoms with Gasteiger partial charge in [-0.05, 0) is 35.7 Å². The van der Waals surface area contributed by atoms with Gasteiger partial charge in [-0.2, -0.15) is 0 Å². The van der Waals surface area contributed by atoms with E-state index in [4.69, 9.17) is 4.74 Å². The molecule has 0 fully saturated rings.